The van der Waals surface area contributed by atoms with Crippen LogP contribution in [0, 0.1) is 5.92 Å². The first-order chi connectivity index (χ1) is 13.3. The number of aromatic nitrogens is 2. The molecule has 6 nitrogen and oxygen atoms in total. The number of halogens is 1. The van der Waals surface area contributed by atoms with Crippen LogP contribution in [-0.2, 0) is 6.54 Å². The van der Waals surface area contributed by atoms with Crippen molar-refractivity contribution < 1.29 is 9.90 Å². The lowest BCUT2D eigenvalue weighted by molar-refractivity contribution is 0.0774. The second-order valence-electron chi connectivity index (χ2n) is 7.46. The summed E-state index contributed by atoms with van der Waals surface area (Å²) in [6.07, 6.45) is 1.42. The summed E-state index contributed by atoms with van der Waals surface area (Å²) in [6, 6.07) is 7.52. The molecule has 28 heavy (non-hydrogen) atoms. The van der Waals surface area contributed by atoms with Crippen molar-refractivity contribution in [3.05, 3.63) is 47.4 Å². The normalized spacial score (nSPS) is 14.2. The summed E-state index contributed by atoms with van der Waals surface area (Å²) < 4.78 is 2.00. The Balaban J connectivity index is 2.14. The van der Waals surface area contributed by atoms with Gasteiger partial charge in [-0.05, 0) is 30.9 Å². The van der Waals surface area contributed by atoms with E-state index >= 15 is 0 Å². The van der Waals surface area contributed by atoms with Crippen molar-refractivity contribution in [2.24, 2.45) is 5.92 Å². The lowest BCUT2D eigenvalue weighted by atomic mass is 10.1. The number of rotatable bonds is 7. The molecule has 0 spiro atoms. The van der Waals surface area contributed by atoms with Crippen LogP contribution < -0.4 is 4.90 Å². The number of fused-ring (bicyclic) bond motifs is 1. The van der Waals surface area contributed by atoms with Gasteiger partial charge in [0, 0.05) is 37.3 Å². The monoisotopic (exact) mass is 402 g/mol. The SMILES string of the molecule is C=C1N(CCCO)C(=O)c2c(nc(-c3cccc(Cl)c3)n2CCC(C)C)N1C. The summed E-state index contributed by atoms with van der Waals surface area (Å²) in [7, 11) is 1.86. The van der Waals surface area contributed by atoms with Crippen molar-refractivity contribution in [2.45, 2.75) is 33.2 Å². The molecular weight excluding hydrogens is 376 g/mol. The summed E-state index contributed by atoms with van der Waals surface area (Å²) in [5.74, 6) is 2.26. The van der Waals surface area contributed by atoms with Crippen LogP contribution >= 0.6 is 11.6 Å². The Kier molecular flexibility index (Phi) is 6.10. The third-order valence-corrected chi connectivity index (χ3v) is 5.20. The first kappa shape index (κ1) is 20.4. The molecule has 1 amide bonds. The van der Waals surface area contributed by atoms with Gasteiger partial charge in [-0.2, -0.15) is 0 Å². The van der Waals surface area contributed by atoms with E-state index in [1.807, 2.05) is 40.8 Å². The average molecular weight is 403 g/mol. The largest absolute Gasteiger partial charge is 0.396 e. The first-order valence-corrected chi connectivity index (χ1v) is 9.94. The van der Waals surface area contributed by atoms with E-state index in [0.717, 1.165) is 17.8 Å². The molecule has 0 aliphatic carbocycles. The van der Waals surface area contributed by atoms with Crippen molar-refractivity contribution in [3.63, 3.8) is 0 Å². The molecule has 0 fully saturated rings. The van der Waals surface area contributed by atoms with Crippen molar-refractivity contribution >= 4 is 23.3 Å². The molecule has 150 valence electrons. The Morgan fingerprint density at radius 3 is 2.68 bits per heavy atom. The summed E-state index contributed by atoms with van der Waals surface area (Å²) >= 11 is 6.20. The van der Waals surface area contributed by atoms with Gasteiger partial charge in [-0.15, -0.1) is 0 Å². The van der Waals surface area contributed by atoms with Crippen LogP contribution in [0.15, 0.2) is 36.7 Å². The van der Waals surface area contributed by atoms with Gasteiger partial charge in [-0.25, -0.2) is 4.98 Å². The third kappa shape index (κ3) is 3.80. The number of benzene rings is 1. The maximum Gasteiger partial charge on any atom is 0.279 e. The van der Waals surface area contributed by atoms with E-state index in [1.165, 1.54) is 0 Å². The highest BCUT2D eigenvalue weighted by atomic mass is 35.5. The summed E-state index contributed by atoms with van der Waals surface area (Å²) in [5.41, 5.74) is 1.43. The van der Waals surface area contributed by atoms with Gasteiger partial charge in [0.1, 0.15) is 11.6 Å². The second kappa shape index (κ2) is 8.37. The highest BCUT2D eigenvalue weighted by Gasteiger charge is 2.36. The van der Waals surface area contributed by atoms with Gasteiger partial charge < -0.3 is 14.6 Å². The van der Waals surface area contributed by atoms with Gasteiger partial charge in [0.25, 0.3) is 5.91 Å². The van der Waals surface area contributed by atoms with Gasteiger partial charge in [-0.3, -0.25) is 9.69 Å². The number of amides is 1. The Bertz CT molecular complexity index is 891. The third-order valence-electron chi connectivity index (χ3n) is 4.97. The molecule has 1 aromatic heterocycles. The first-order valence-electron chi connectivity index (χ1n) is 9.57. The molecule has 7 heteroatoms. The average Bonchev–Trinajstić information content (AvgIpc) is 3.04. The van der Waals surface area contributed by atoms with E-state index < -0.39 is 0 Å². The molecule has 1 aliphatic heterocycles. The van der Waals surface area contributed by atoms with E-state index in [1.54, 1.807) is 4.90 Å². The number of aliphatic hydroxyl groups is 1. The maximum absolute atomic E-state index is 13.3. The number of carbonyl (C=O) groups excluding carboxylic acids is 1. The van der Waals surface area contributed by atoms with Gasteiger partial charge in [0.05, 0.1) is 0 Å². The Labute approximate surface area is 171 Å². The minimum Gasteiger partial charge on any atom is -0.396 e. The number of imidazole rings is 1. The maximum atomic E-state index is 13.3. The van der Waals surface area contributed by atoms with Gasteiger partial charge in [-0.1, -0.05) is 44.2 Å². The molecule has 1 aromatic carbocycles. The zero-order valence-corrected chi connectivity index (χ0v) is 17.4. The van der Waals surface area contributed by atoms with E-state index in [2.05, 4.69) is 20.4 Å². The van der Waals surface area contributed by atoms with Crippen LogP contribution in [0.3, 0.4) is 0 Å². The minimum atomic E-state index is -0.129. The number of hydrogen-bond acceptors (Lipinski definition) is 4. The molecule has 0 saturated carbocycles. The molecule has 1 aliphatic rings. The number of hydrogen-bond donors (Lipinski definition) is 1. The molecule has 3 rings (SSSR count). The standard InChI is InChI=1S/C21H27ClN4O2/c1-14(2)9-11-26-18-20(23-19(26)16-7-5-8-17(22)13-16)24(4)15(3)25(21(18)28)10-6-12-27/h5,7-8,13-14,27H,3,6,9-12H2,1-2,4H3. The quantitative estimate of drug-likeness (QED) is 0.760. The summed E-state index contributed by atoms with van der Waals surface area (Å²) in [5, 5.41) is 9.83. The Morgan fingerprint density at radius 1 is 1.29 bits per heavy atom. The number of anilines is 1. The number of carbonyl (C=O) groups is 1. The Morgan fingerprint density at radius 2 is 2.04 bits per heavy atom. The topological polar surface area (TPSA) is 61.6 Å². The van der Waals surface area contributed by atoms with Crippen LogP contribution in [0.25, 0.3) is 11.4 Å². The fourth-order valence-corrected chi connectivity index (χ4v) is 3.54. The fourth-order valence-electron chi connectivity index (χ4n) is 3.35. The van der Waals surface area contributed by atoms with Crippen molar-refractivity contribution in [1.29, 1.82) is 0 Å². The molecule has 0 radical (unpaired) electrons. The van der Waals surface area contributed by atoms with Crippen LogP contribution in [0.4, 0.5) is 5.82 Å². The summed E-state index contributed by atoms with van der Waals surface area (Å²) in [4.78, 5) is 21.6. The molecule has 0 saturated heterocycles. The highest BCUT2D eigenvalue weighted by molar-refractivity contribution is 6.30. The van der Waals surface area contributed by atoms with Crippen molar-refractivity contribution in [1.82, 2.24) is 14.5 Å². The minimum absolute atomic E-state index is 0.0218. The zero-order valence-electron chi connectivity index (χ0n) is 16.7. The van der Waals surface area contributed by atoms with Crippen LogP contribution in [-0.4, -0.2) is 45.7 Å². The second-order valence-corrected chi connectivity index (χ2v) is 7.90. The lowest BCUT2D eigenvalue weighted by Crippen LogP contribution is -2.44. The molecule has 0 bridgehead atoms. The van der Waals surface area contributed by atoms with Crippen LogP contribution in [0.1, 0.15) is 37.2 Å². The smallest absolute Gasteiger partial charge is 0.279 e. The Hall–Kier alpha value is -2.31. The van der Waals surface area contributed by atoms with E-state index in [-0.39, 0.29) is 12.5 Å². The highest BCUT2D eigenvalue weighted by Crippen LogP contribution is 2.35. The van der Waals surface area contributed by atoms with Gasteiger partial charge in [0.2, 0.25) is 0 Å². The van der Waals surface area contributed by atoms with Crippen molar-refractivity contribution in [3.8, 4) is 11.4 Å². The predicted molar refractivity (Wildman–Crippen MR) is 112 cm³/mol. The van der Waals surface area contributed by atoms with E-state index in [4.69, 9.17) is 16.6 Å². The number of aliphatic hydroxyl groups excluding tert-OH is 1. The lowest BCUT2D eigenvalue weighted by Gasteiger charge is -2.35. The summed E-state index contributed by atoms with van der Waals surface area (Å²) in [6.45, 7) is 9.50. The van der Waals surface area contributed by atoms with E-state index in [0.29, 0.717) is 47.8 Å². The molecule has 0 unspecified atom stereocenters. The predicted octanol–water partition coefficient (Wildman–Crippen LogP) is 4.00. The van der Waals surface area contributed by atoms with E-state index in [9.17, 15) is 9.90 Å². The molecule has 2 aromatic rings. The van der Waals surface area contributed by atoms with Crippen LogP contribution in [0.2, 0.25) is 5.02 Å². The van der Waals surface area contributed by atoms with Crippen LogP contribution in [0.5, 0.6) is 0 Å². The van der Waals surface area contributed by atoms with Crippen molar-refractivity contribution in [2.75, 3.05) is 25.1 Å². The molecule has 0 atom stereocenters. The molecule has 1 N–H and O–H groups in total. The number of nitrogens with zero attached hydrogens (tertiary/aromatic N) is 4. The van der Waals surface area contributed by atoms with Gasteiger partial charge in [0.15, 0.2) is 11.5 Å². The molecule has 2 heterocycles. The fraction of sp³-hybridized carbons (Fsp3) is 0.429. The van der Waals surface area contributed by atoms with Gasteiger partial charge >= 0.3 is 0 Å². The molecular formula is C21H27ClN4O2. The zero-order chi connectivity index (χ0) is 20.4.